The number of rotatable bonds is 7. The van der Waals surface area contributed by atoms with E-state index in [9.17, 15) is 0 Å². The first-order valence-electron chi connectivity index (χ1n) is 7.98. The Morgan fingerprint density at radius 1 is 1.38 bits per heavy atom. The molecular weight excluding hydrogens is 262 g/mol. The maximum absolute atomic E-state index is 7.69. The molecule has 2 unspecified atom stereocenters. The van der Waals surface area contributed by atoms with Crippen LogP contribution >= 0.6 is 0 Å². The maximum Gasteiger partial charge on any atom is 0.205 e. The van der Waals surface area contributed by atoms with Crippen molar-refractivity contribution in [1.29, 1.82) is 5.41 Å². The van der Waals surface area contributed by atoms with Crippen LogP contribution in [-0.4, -0.2) is 24.7 Å². The molecule has 1 fully saturated rings. The van der Waals surface area contributed by atoms with Gasteiger partial charge in [-0.2, -0.15) is 0 Å². The number of hydrogen-bond donors (Lipinski definition) is 1. The van der Waals surface area contributed by atoms with Crippen LogP contribution < -0.4 is 0 Å². The average Bonchev–Trinajstić information content (AvgIpc) is 2.88. The topological polar surface area (TPSA) is 42.3 Å². The molecule has 1 aromatic carbocycles. The van der Waals surface area contributed by atoms with Crippen molar-refractivity contribution in [1.82, 2.24) is 0 Å². The van der Waals surface area contributed by atoms with Crippen LogP contribution in [0.4, 0.5) is 0 Å². The lowest BCUT2D eigenvalue weighted by atomic mass is 9.99. The Hall–Kier alpha value is -1.19. The number of ether oxygens (including phenoxy) is 2. The van der Waals surface area contributed by atoms with Crippen LogP contribution in [0.1, 0.15) is 49.3 Å². The zero-order valence-electron chi connectivity index (χ0n) is 13.4. The molecule has 21 heavy (non-hydrogen) atoms. The highest BCUT2D eigenvalue weighted by Crippen LogP contribution is 2.29. The molecule has 1 N–H and O–H groups in total. The predicted molar refractivity (Wildman–Crippen MR) is 86.1 cm³/mol. The third-order valence-corrected chi connectivity index (χ3v) is 4.22. The third kappa shape index (κ3) is 4.14. The minimum absolute atomic E-state index is 0.144. The second-order valence-corrected chi connectivity index (χ2v) is 6.08. The molecule has 0 aliphatic carbocycles. The molecule has 0 amide bonds. The molecule has 1 aliphatic rings. The minimum atomic E-state index is -0.810. The summed E-state index contributed by atoms with van der Waals surface area (Å²) in [5.41, 5.74) is 3.90. The average molecular weight is 289 g/mol. The zero-order valence-corrected chi connectivity index (χ0v) is 13.4. The SMILES string of the molecule is CCCCC1COC(C=N)(CCc2ccc(C)cc2C)O1. The first-order valence-corrected chi connectivity index (χ1v) is 7.98. The van der Waals surface area contributed by atoms with Gasteiger partial charge in [0, 0.05) is 6.42 Å². The minimum Gasteiger partial charge on any atom is -0.342 e. The van der Waals surface area contributed by atoms with Crippen molar-refractivity contribution >= 4 is 6.21 Å². The van der Waals surface area contributed by atoms with E-state index in [0.717, 1.165) is 19.3 Å². The van der Waals surface area contributed by atoms with Gasteiger partial charge >= 0.3 is 0 Å². The molecule has 0 radical (unpaired) electrons. The molecule has 116 valence electrons. The fraction of sp³-hybridized carbons (Fsp3) is 0.611. The Labute approximate surface area is 128 Å². The fourth-order valence-corrected chi connectivity index (χ4v) is 2.87. The van der Waals surface area contributed by atoms with E-state index >= 15 is 0 Å². The molecule has 1 aliphatic heterocycles. The van der Waals surface area contributed by atoms with Crippen molar-refractivity contribution in [2.45, 2.75) is 64.8 Å². The van der Waals surface area contributed by atoms with Gasteiger partial charge in [0.15, 0.2) is 0 Å². The van der Waals surface area contributed by atoms with Crippen LogP contribution in [0.2, 0.25) is 0 Å². The van der Waals surface area contributed by atoms with Gasteiger partial charge in [0.25, 0.3) is 0 Å². The van der Waals surface area contributed by atoms with Crippen LogP contribution in [0.3, 0.4) is 0 Å². The van der Waals surface area contributed by atoms with E-state index in [1.807, 2.05) is 0 Å². The van der Waals surface area contributed by atoms with Gasteiger partial charge in [-0.15, -0.1) is 0 Å². The van der Waals surface area contributed by atoms with Crippen LogP contribution in [0, 0.1) is 19.3 Å². The Morgan fingerprint density at radius 2 is 2.19 bits per heavy atom. The van der Waals surface area contributed by atoms with Crippen molar-refractivity contribution < 1.29 is 9.47 Å². The summed E-state index contributed by atoms with van der Waals surface area (Å²) in [4.78, 5) is 0. The molecule has 2 atom stereocenters. The van der Waals surface area contributed by atoms with E-state index in [-0.39, 0.29) is 6.10 Å². The van der Waals surface area contributed by atoms with Crippen molar-refractivity contribution in [2.24, 2.45) is 0 Å². The number of unbranched alkanes of at least 4 members (excludes halogenated alkanes) is 1. The summed E-state index contributed by atoms with van der Waals surface area (Å²) >= 11 is 0. The molecular formula is C18H27NO2. The number of hydrogen-bond acceptors (Lipinski definition) is 3. The molecule has 3 heteroatoms. The molecule has 0 spiro atoms. The summed E-state index contributed by atoms with van der Waals surface area (Å²) in [6.07, 6.45) is 6.41. The van der Waals surface area contributed by atoms with Gasteiger partial charge in [0.2, 0.25) is 5.79 Å². The fourth-order valence-electron chi connectivity index (χ4n) is 2.87. The summed E-state index contributed by atoms with van der Waals surface area (Å²) in [7, 11) is 0. The summed E-state index contributed by atoms with van der Waals surface area (Å²) in [6.45, 7) is 7.04. The molecule has 1 heterocycles. The van der Waals surface area contributed by atoms with Crippen molar-refractivity contribution in [3.05, 3.63) is 34.9 Å². The third-order valence-electron chi connectivity index (χ3n) is 4.22. The van der Waals surface area contributed by atoms with E-state index in [1.165, 1.54) is 29.3 Å². The normalized spacial score (nSPS) is 25.2. The molecule has 0 aromatic heterocycles. The van der Waals surface area contributed by atoms with Crippen molar-refractivity contribution in [3.63, 3.8) is 0 Å². The highest BCUT2D eigenvalue weighted by molar-refractivity contribution is 5.63. The van der Waals surface area contributed by atoms with E-state index in [4.69, 9.17) is 14.9 Å². The van der Waals surface area contributed by atoms with Gasteiger partial charge in [0.1, 0.15) is 0 Å². The van der Waals surface area contributed by atoms with Crippen molar-refractivity contribution in [2.75, 3.05) is 6.61 Å². The highest BCUT2D eigenvalue weighted by Gasteiger charge is 2.39. The van der Waals surface area contributed by atoms with Crippen LogP contribution in [0.25, 0.3) is 0 Å². The van der Waals surface area contributed by atoms with Gasteiger partial charge < -0.3 is 14.9 Å². The second-order valence-electron chi connectivity index (χ2n) is 6.08. The standard InChI is InChI=1S/C18H27NO2/c1-4-5-6-17-12-20-18(13-19,21-17)10-9-16-8-7-14(2)11-15(16)3/h7-8,11,13,17,19H,4-6,9-10,12H2,1-3H3. The largest absolute Gasteiger partial charge is 0.342 e. The summed E-state index contributed by atoms with van der Waals surface area (Å²) < 4.78 is 11.8. The Kier molecular flexibility index (Phi) is 5.54. The van der Waals surface area contributed by atoms with E-state index in [1.54, 1.807) is 0 Å². The quantitative estimate of drug-likeness (QED) is 0.765. The van der Waals surface area contributed by atoms with E-state index < -0.39 is 5.79 Å². The Morgan fingerprint density at radius 3 is 2.86 bits per heavy atom. The van der Waals surface area contributed by atoms with Crippen LogP contribution in [0.15, 0.2) is 18.2 Å². The Balaban J connectivity index is 1.95. The van der Waals surface area contributed by atoms with Gasteiger partial charge in [-0.25, -0.2) is 0 Å². The molecule has 3 nitrogen and oxygen atoms in total. The lowest BCUT2D eigenvalue weighted by molar-refractivity contribution is -0.113. The number of benzene rings is 1. The molecule has 1 saturated heterocycles. The van der Waals surface area contributed by atoms with Gasteiger partial charge in [-0.05, 0) is 37.8 Å². The van der Waals surface area contributed by atoms with Gasteiger partial charge in [-0.3, -0.25) is 0 Å². The summed E-state index contributed by atoms with van der Waals surface area (Å²) in [5, 5.41) is 7.69. The summed E-state index contributed by atoms with van der Waals surface area (Å²) in [5.74, 6) is -0.810. The monoisotopic (exact) mass is 289 g/mol. The lowest BCUT2D eigenvalue weighted by Gasteiger charge is -2.23. The number of aryl methyl sites for hydroxylation is 3. The smallest absolute Gasteiger partial charge is 0.205 e. The maximum atomic E-state index is 7.69. The molecule has 1 aromatic rings. The predicted octanol–water partition coefficient (Wildman–Crippen LogP) is 4.19. The van der Waals surface area contributed by atoms with Gasteiger partial charge in [-0.1, -0.05) is 43.5 Å². The zero-order chi connectivity index (χ0) is 15.3. The number of nitrogens with one attached hydrogen (secondary N) is 1. The van der Waals surface area contributed by atoms with Crippen LogP contribution in [0.5, 0.6) is 0 Å². The molecule has 0 bridgehead atoms. The second kappa shape index (κ2) is 7.19. The summed E-state index contributed by atoms with van der Waals surface area (Å²) in [6, 6.07) is 6.51. The first-order chi connectivity index (χ1) is 10.1. The first kappa shape index (κ1) is 16.2. The van der Waals surface area contributed by atoms with E-state index in [0.29, 0.717) is 13.0 Å². The van der Waals surface area contributed by atoms with Crippen LogP contribution in [-0.2, 0) is 15.9 Å². The van der Waals surface area contributed by atoms with Gasteiger partial charge in [0.05, 0.1) is 18.9 Å². The van der Waals surface area contributed by atoms with E-state index in [2.05, 4.69) is 39.0 Å². The lowest BCUT2D eigenvalue weighted by Crippen LogP contribution is -2.33. The molecule has 0 saturated carbocycles. The highest BCUT2D eigenvalue weighted by atomic mass is 16.7. The Bertz CT molecular complexity index is 486. The van der Waals surface area contributed by atoms with Crippen molar-refractivity contribution in [3.8, 4) is 0 Å². The molecule has 2 rings (SSSR count).